The molecule has 7 heteroatoms. The number of alkyl halides is 3. The van der Waals surface area contributed by atoms with Crippen molar-refractivity contribution in [2.45, 2.75) is 10.4 Å². The molecule has 1 N–H and O–H groups in total. The molecule has 0 aliphatic carbocycles. The second-order valence-electron chi connectivity index (χ2n) is 3.58. The van der Waals surface area contributed by atoms with E-state index in [9.17, 15) is 13.2 Å². The Morgan fingerprint density at radius 2 is 1.68 bits per heavy atom. The van der Waals surface area contributed by atoms with Crippen molar-refractivity contribution in [3.63, 3.8) is 0 Å². The van der Waals surface area contributed by atoms with Crippen LogP contribution in [-0.2, 0) is 0 Å². The van der Waals surface area contributed by atoms with Crippen LogP contribution < -0.4 is 5.32 Å². The van der Waals surface area contributed by atoms with Gasteiger partial charge in [-0.2, -0.15) is 13.2 Å². The number of aromatic nitrogens is 2. The van der Waals surface area contributed by atoms with Crippen molar-refractivity contribution in [3.8, 4) is 11.3 Å². The molecule has 0 saturated carbocycles. The summed E-state index contributed by atoms with van der Waals surface area (Å²) >= 11 is -0.137. The number of benzene rings is 1. The normalized spacial score (nSPS) is 11.4. The molecule has 0 bridgehead atoms. The van der Waals surface area contributed by atoms with E-state index in [1.54, 1.807) is 25.4 Å². The fourth-order valence-electron chi connectivity index (χ4n) is 1.55. The Balaban J connectivity index is 2.27. The highest BCUT2D eigenvalue weighted by molar-refractivity contribution is 8.00. The molecule has 19 heavy (non-hydrogen) atoms. The third-order valence-corrected chi connectivity index (χ3v) is 3.04. The summed E-state index contributed by atoms with van der Waals surface area (Å²) in [6.07, 6.45) is 3.08. The van der Waals surface area contributed by atoms with Crippen LogP contribution in [0.5, 0.6) is 0 Å². The average Bonchev–Trinajstić information content (AvgIpc) is 2.38. The molecule has 1 aromatic heterocycles. The molecule has 2 aromatic rings. The first kappa shape index (κ1) is 13.7. The first-order valence-electron chi connectivity index (χ1n) is 5.34. The highest BCUT2D eigenvalue weighted by Crippen LogP contribution is 2.37. The lowest BCUT2D eigenvalue weighted by Crippen LogP contribution is -1.99. The predicted octanol–water partition coefficient (Wildman–Crippen LogP) is 3.80. The topological polar surface area (TPSA) is 37.8 Å². The molecule has 1 heterocycles. The summed E-state index contributed by atoms with van der Waals surface area (Å²) in [6, 6.07) is 6.03. The smallest absolute Gasteiger partial charge is 0.371 e. The van der Waals surface area contributed by atoms with Gasteiger partial charge in [-0.15, -0.1) is 0 Å². The number of nitrogens with zero attached hydrogens (tertiary/aromatic N) is 2. The molecule has 0 aliphatic heterocycles. The monoisotopic (exact) mass is 285 g/mol. The van der Waals surface area contributed by atoms with Gasteiger partial charge in [0.05, 0.1) is 0 Å². The summed E-state index contributed by atoms with van der Waals surface area (Å²) in [7, 11) is 1.71. The van der Waals surface area contributed by atoms with E-state index in [0.29, 0.717) is 17.1 Å². The third kappa shape index (κ3) is 3.60. The molecule has 3 nitrogen and oxygen atoms in total. The number of hydrogen-bond acceptors (Lipinski definition) is 4. The lowest BCUT2D eigenvalue weighted by molar-refractivity contribution is -0.0328. The van der Waals surface area contributed by atoms with Gasteiger partial charge < -0.3 is 5.32 Å². The summed E-state index contributed by atoms with van der Waals surface area (Å²) in [5, 5.41) is 2.89. The maximum absolute atomic E-state index is 12.2. The standard InChI is InChI=1S/C12H10F3N3S/c1-16-11-10(17-6-7-18-11)8-2-4-9(5-3-8)19-12(13,14)15/h2-7H,1H3,(H,16,18). The Bertz CT molecular complexity index is 555. The summed E-state index contributed by atoms with van der Waals surface area (Å²) in [4.78, 5) is 8.41. The van der Waals surface area contributed by atoms with Crippen LogP contribution in [0.1, 0.15) is 0 Å². The zero-order valence-corrected chi connectivity index (χ0v) is 10.7. The number of nitrogens with one attached hydrogen (secondary N) is 1. The summed E-state index contributed by atoms with van der Waals surface area (Å²) in [6.45, 7) is 0. The van der Waals surface area contributed by atoms with Gasteiger partial charge in [-0.1, -0.05) is 12.1 Å². The van der Waals surface area contributed by atoms with E-state index in [1.165, 1.54) is 18.3 Å². The lowest BCUT2D eigenvalue weighted by Gasteiger charge is -2.08. The van der Waals surface area contributed by atoms with Gasteiger partial charge in [-0.3, -0.25) is 4.98 Å². The molecule has 0 spiro atoms. The number of hydrogen-bond donors (Lipinski definition) is 1. The van der Waals surface area contributed by atoms with Crippen molar-refractivity contribution in [1.29, 1.82) is 0 Å². The Hall–Kier alpha value is -1.76. The molecule has 0 aliphatic rings. The van der Waals surface area contributed by atoms with Gasteiger partial charge in [0.2, 0.25) is 0 Å². The van der Waals surface area contributed by atoms with Crippen molar-refractivity contribution < 1.29 is 13.2 Å². The van der Waals surface area contributed by atoms with Gasteiger partial charge in [0.25, 0.3) is 0 Å². The second-order valence-corrected chi connectivity index (χ2v) is 4.71. The van der Waals surface area contributed by atoms with Gasteiger partial charge in [0.1, 0.15) is 5.69 Å². The average molecular weight is 285 g/mol. The number of anilines is 1. The molecule has 1 aromatic carbocycles. The Morgan fingerprint density at radius 1 is 1.05 bits per heavy atom. The first-order valence-corrected chi connectivity index (χ1v) is 6.16. The highest BCUT2D eigenvalue weighted by Gasteiger charge is 2.29. The molecule has 100 valence electrons. The van der Waals surface area contributed by atoms with Crippen LogP contribution >= 0.6 is 11.8 Å². The Labute approximate surface area is 112 Å². The zero-order valence-electron chi connectivity index (χ0n) is 9.90. The second kappa shape index (κ2) is 5.48. The summed E-state index contributed by atoms with van der Waals surface area (Å²) in [5.74, 6) is 0.582. The molecule has 0 amide bonds. The maximum atomic E-state index is 12.2. The molecular formula is C12H10F3N3S. The third-order valence-electron chi connectivity index (χ3n) is 2.30. The Kier molecular flexibility index (Phi) is 3.94. The van der Waals surface area contributed by atoms with Crippen LogP contribution in [0.25, 0.3) is 11.3 Å². The SMILES string of the molecule is CNc1nccnc1-c1ccc(SC(F)(F)F)cc1. The van der Waals surface area contributed by atoms with E-state index in [0.717, 1.165) is 0 Å². The highest BCUT2D eigenvalue weighted by atomic mass is 32.2. The van der Waals surface area contributed by atoms with Crippen molar-refractivity contribution in [1.82, 2.24) is 9.97 Å². The summed E-state index contributed by atoms with van der Waals surface area (Å²) < 4.78 is 36.6. The number of thioether (sulfide) groups is 1. The van der Waals surface area contributed by atoms with E-state index >= 15 is 0 Å². The van der Waals surface area contributed by atoms with Gasteiger partial charge in [0, 0.05) is 29.9 Å². The molecule has 0 unspecified atom stereocenters. The van der Waals surface area contributed by atoms with Gasteiger partial charge in [0.15, 0.2) is 5.82 Å². The molecule has 0 atom stereocenters. The first-order chi connectivity index (χ1) is 8.99. The summed E-state index contributed by atoms with van der Waals surface area (Å²) in [5.41, 5.74) is -2.96. The zero-order chi connectivity index (χ0) is 13.9. The lowest BCUT2D eigenvalue weighted by atomic mass is 10.1. The minimum Gasteiger partial charge on any atom is -0.371 e. The minimum absolute atomic E-state index is 0.137. The fraction of sp³-hybridized carbons (Fsp3) is 0.167. The van der Waals surface area contributed by atoms with E-state index in [1.807, 2.05) is 0 Å². The molecule has 0 fully saturated rings. The van der Waals surface area contributed by atoms with Crippen molar-refractivity contribution in [3.05, 3.63) is 36.7 Å². The van der Waals surface area contributed by atoms with Crippen molar-refractivity contribution >= 4 is 17.6 Å². The van der Waals surface area contributed by atoms with Crippen LogP contribution in [0.3, 0.4) is 0 Å². The van der Waals surface area contributed by atoms with Gasteiger partial charge >= 0.3 is 5.51 Å². The van der Waals surface area contributed by atoms with Crippen LogP contribution in [0.2, 0.25) is 0 Å². The van der Waals surface area contributed by atoms with Crippen molar-refractivity contribution in [2.75, 3.05) is 12.4 Å². The van der Waals surface area contributed by atoms with Crippen LogP contribution in [0.15, 0.2) is 41.6 Å². The molecule has 2 rings (SSSR count). The quantitative estimate of drug-likeness (QED) is 0.870. The van der Waals surface area contributed by atoms with Crippen LogP contribution in [0.4, 0.5) is 19.0 Å². The van der Waals surface area contributed by atoms with Gasteiger partial charge in [-0.25, -0.2) is 4.98 Å². The van der Waals surface area contributed by atoms with Crippen LogP contribution in [0, 0.1) is 0 Å². The number of rotatable bonds is 3. The van der Waals surface area contributed by atoms with E-state index in [-0.39, 0.29) is 16.7 Å². The molecular weight excluding hydrogens is 275 g/mol. The van der Waals surface area contributed by atoms with Crippen molar-refractivity contribution in [2.24, 2.45) is 0 Å². The largest absolute Gasteiger partial charge is 0.446 e. The molecule has 0 saturated heterocycles. The fourth-order valence-corrected chi connectivity index (χ4v) is 2.09. The van der Waals surface area contributed by atoms with E-state index in [2.05, 4.69) is 15.3 Å². The van der Waals surface area contributed by atoms with Gasteiger partial charge in [-0.05, 0) is 23.9 Å². The number of halogens is 3. The van der Waals surface area contributed by atoms with E-state index < -0.39 is 5.51 Å². The molecule has 0 radical (unpaired) electrons. The minimum atomic E-state index is -4.27. The van der Waals surface area contributed by atoms with Crippen LogP contribution in [-0.4, -0.2) is 22.5 Å². The maximum Gasteiger partial charge on any atom is 0.446 e. The Morgan fingerprint density at radius 3 is 2.26 bits per heavy atom. The predicted molar refractivity (Wildman–Crippen MR) is 68.9 cm³/mol. The van der Waals surface area contributed by atoms with E-state index in [4.69, 9.17) is 0 Å².